The largest absolute Gasteiger partial charge is 0.298 e. The Bertz CT molecular complexity index is 116. The van der Waals surface area contributed by atoms with Crippen LogP contribution in [0.15, 0.2) is 0 Å². The minimum Gasteiger partial charge on any atom is -0.298 e. The lowest BCUT2D eigenvalue weighted by Crippen LogP contribution is -2.42. The highest BCUT2D eigenvalue weighted by Crippen LogP contribution is 2.18. The fraction of sp³-hybridized carbons (Fsp3) is 1.00. The average Bonchev–Trinajstić information content (AvgIpc) is 2.04. The van der Waals surface area contributed by atoms with E-state index in [-0.39, 0.29) is 0 Å². The minimum atomic E-state index is 0.386. The molecule has 0 aromatic heterocycles. The normalized spacial score (nSPS) is 20.4. The number of likely N-dealkylation sites (tertiary alicyclic amines) is 1. The lowest BCUT2D eigenvalue weighted by atomic mass is 10.0. The number of nitrogens with zero attached hydrogens (tertiary/aromatic N) is 1. The molecule has 1 rings (SSSR count). The monoisotopic (exact) mass is 199 g/mol. The Hall–Kier alpha value is -0.0400. The van der Waals surface area contributed by atoms with E-state index in [2.05, 4.69) is 25.7 Å². The average molecular weight is 199 g/mol. The Morgan fingerprint density at radius 3 is 1.43 bits per heavy atom. The summed E-state index contributed by atoms with van der Waals surface area (Å²) in [5.74, 6) is 0. The van der Waals surface area contributed by atoms with Gasteiger partial charge in [-0.05, 0) is 46.7 Å². The van der Waals surface area contributed by atoms with E-state index in [1.54, 1.807) is 0 Å². The molecule has 0 saturated carbocycles. The van der Waals surface area contributed by atoms with E-state index in [1.165, 1.54) is 45.2 Å². The standard InChI is InChI=1S/C11H23N.C2H6/c1-11(2,3)12-9-7-5-4-6-8-10-12;1-2/h4-10H2,1-3H3;1-2H3. The van der Waals surface area contributed by atoms with Crippen molar-refractivity contribution in [1.29, 1.82) is 0 Å². The lowest BCUT2D eigenvalue weighted by molar-refractivity contribution is 0.124. The highest BCUT2D eigenvalue weighted by Gasteiger charge is 2.20. The molecule has 86 valence electrons. The summed E-state index contributed by atoms with van der Waals surface area (Å²) in [7, 11) is 0. The molecule has 0 spiro atoms. The first-order valence-electron chi connectivity index (χ1n) is 6.36. The van der Waals surface area contributed by atoms with Crippen molar-refractivity contribution >= 4 is 0 Å². The topological polar surface area (TPSA) is 3.24 Å². The summed E-state index contributed by atoms with van der Waals surface area (Å²) in [6, 6.07) is 0. The molecule has 0 amide bonds. The van der Waals surface area contributed by atoms with Crippen molar-refractivity contribution in [1.82, 2.24) is 4.90 Å². The van der Waals surface area contributed by atoms with Crippen LogP contribution in [0.3, 0.4) is 0 Å². The predicted octanol–water partition coefficient (Wildman–Crippen LogP) is 4.08. The fourth-order valence-corrected chi connectivity index (χ4v) is 1.92. The van der Waals surface area contributed by atoms with Gasteiger partial charge in [-0.2, -0.15) is 0 Å². The first kappa shape index (κ1) is 14.0. The van der Waals surface area contributed by atoms with Crippen molar-refractivity contribution in [3.8, 4) is 0 Å². The molecular weight excluding hydrogens is 170 g/mol. The highest BCUT2D eigenvalue weighted by atomic mass is 15.2. The lowest BCUT2D eigenvalue weighted by Gasteiger charge is -2.36. The number of rotatable bonds is 0. The molecule has 0 aromatic carbocycles. The molecule has 14 heavy (non-hydrogen) atoms. The zero-order chi connectivity index (χ0) is 11.0. The van der Waals surface area contributed by atoms with Crippen LogP contribution in [0.1, 0.15) is 66.7 Å². The van der Waals surface area contributed by atoms with Crippen LogP contribution in [0.4, 0.5) is 0 Å². The Morgan fingerprint density at radius 1 is 0.714 bits per heavy atom. The van der Waals surface area contributed by atoms with Gasteiger partial charge in [0.15, 0.2) is 0 Å². The number of hydrogen-bond acceptors (Lipinski definition) is 1. The zero-order valence-electron chi connectivity index (χ0n) is 10.9. The van der Waals surface area contributed by atoms with Crippen LogP contribution in [0.5, 0.6) is 0 Å². The van der Waals surface area contributed by atoms with Crippen LogP contribution < -0.4 is 0 Å². The predicted molar refractivity (Wildman–Crippen MR) is 65.8 cm³/mol. The van der Waals surface area contributed by atoms with E-state index in [1.807, 2.05) is 13.8 Å². The fourth-order valence-electron chi connectivity index (χ4n) is 1.92. The smallest absolute Gasteiger partial charge is 0.0125 e. The third kappa shape index (κ3) is 5.64. The highest BCUT2D eigenvalue weighted by molar-refractivity contribution is 4.76. The Labute approximate surface area is 90.9 Å². The first-order valence-corrected chi connectivity index (χ1v) is 6.36. The molecule has 0 unspecified atom stereocenters. The van der Waals surface area contributed by atoms with Gasteiger partial charge < -0.3 is 0 Å². The molecule has 0 radical (unpaired) electrons. The van der Waals surface area contributed by atoms with E-state index >= 15 is 0 Å². The summed E-state index contributed by atoms with van der Waals surface area (Å²) in [5.41, 5.74) is 0.386. The Kier molecular flexibility index (Phi) is 7.26. The van der Waals surface area contributed by atoms with Gasteiger partial charge in [0.1, 0.15) is 0 Å². The van der Waals surface area contributed by atoms with Gasteiger partial charge >= 0.3 is 0 Å². The van der Waals surface area contributed by atoms with Crippen molar-refractivity contribution in [2.75, 3.05) is 13.1 Å². The molecule has 0 N–H and O–H groups in total. The maximum absolute atomic E-state index is 2.63. The maximum Gasteiger partial charge on any atom is 0.0125 e. The molecule has 1 aliphatic heterocycles. The SMILES string of the molecule is CC.CC(C)(C)N1CCCCCCC1. The van der Waals surface area contributed by atoms with Gasteiger partial charge in [0.05, 0.1) is 0 Å². The van der Waals surface area contributed by atoms with Gasteiger partial charge in [-0.3, -0.25) is 4.90 Å². The van der Waals surface area contributed by atoms with Gasteiger partial charge in [0.2, 0.25) is 0 Å². The van der Waals surface area contributed by atoms with Crippen molar-refractivity contribution in [3.05, 3.63) is 0 Å². The van der Waals surface area contributed by atoms with Crippen LogP contribution in [-0.2, 0) is 0 Å². The van der Waals surface area contributed by atoms with Crippen molar-refractivity contribution in [3.63, 3.8) is 0 Å². The van der Waals surface area contributed by atoms with Gasteiger partial charge in [-0.1, -0.05) is 33.1 Å². The molecule has 0 aromatic rings. The van der Waals surface area contributed by atoms with Gasteiger partial charge in [0.25, 0.3) is 0 Å². The third-order valence-corrected chi connectivity index (χ3v) is 2.80. The molecule has 0 bridgehead atoms. The molecule has 0 aliphatic carbocycles. The molecule has 1 saturated heterocycles. The summed E-state index contributed by atoms with van der Waals surface area (Å²) < 4.78 is 0. The molecule has 1 heterocycles. The second kappa shape index (κ2) is 7.28. The second-order valence-electron chi connectivity index (χ2n) is 4.93. The van der Waals surface area contributed by atoms with E-state index in [0.29, 0.717) is 5.54 Å². The minimum absolute atomic E-state index is 0.386. The van der Waals surface area contributed by atoms with E-state index in [4.69, 9.17) is 0 Å². The van der Waals surface area contributed by atoms with Crippen LogP contribution in [0.25, 0.3) is 0 Å². The van der Waals surface area contributed by atoms with Crippen LogP contribution in [0, 0.1) is 0 Å². The van der Waals surface area contributed by atoms with E-state index in [0.717, 1.165) is 0 Å². The van der Waals surface area contributed by atoms with Crippen molar-refractivity contribution in [2.24, 2.45) is 0 Å². The molecule has 1 fully saturated rings. The van der Waals surface area contributed by atoms with Gasteiger partial charge in [0, 0.05) is 5.54 Å². The van der Waals surface area contributed by atoms with Crippen LogP contribution in [-0.4, -0.2) is 23.5 Å². The van der Waals surface area contributed by atoms with E-state index in [9.17, 15) is 0 Å². The summed E-state index contributed by atoms with van der Waals surface area (Å²) in [4.78, 5) is 2.63. The first-order chi connectivity index (χ1) is 6.61. The molecule has 1 aliphatic rings. The third-order valence-electron chi connectivity index (χ3n) is 2.80. The van der Waals surface area contributed by atoms with Crippen LogP contribution >= 0.6 is 0 Å². The maximum atomic E-state index is 2.63. The Balaban J connectivity index is 0.000000791. The summed E-state index contributed by atoms with van der Waals surface area (Å²) in [6.45, 7) is 13.6. The molecule has 1 heteroatoms. The molecular formula is C13H29N. The summed E-state index contributed by atoms with van der Waals surface area (Å²) in [5, 5.41) is 0. The number of hydrogen-bond donors (Lipinski definition) is 0. The quantitative estimate of drug-likeness (QED) is 0.568. The van der Waals surface area contributed by atoms with Gasteiger partial charge in [-0.15, -0.1) is 0 Å². The van der Waals surface area contributed by atoms with Crippen molar-refractivity contribution < 1.29 is 0 Å². The van der Waals surface area contributed by atoms with E-state index < -0.39 is 0 Å². The van der Waals surface area contributed by atoms with Crippen LogP contribution in [0.2, 0.25) is 0 Å². The second-order valence-corrected chi connectivity index (χ2v) is 4.93. The zero-order valence-corrected chi connectivity index (χ0v) is 10.9. The summed E-state index contributed by atoms with van der Waals surface area (Å²) in [6.07, 6.45) is 7.13. The van der Waals surface area contributed by atoms with Crippen molar-refractivity contribution in [2.45, 2.75) is 72.3 Å². The Morgan fingerprint density at radius 2 is 1.07 bits per heavy atom. The summed E-state index contributed by atoms with van der Waals surface area (Å²) >= 11 is 0. The van der Waals surface area contributed by atoms with Gasteiger partial charge in [-0.25, -0.2) is 0 Å². The molecule has 1 nitrogen and oxygen atoms in total. The molecule has 0 atom stereocenters.